The molecule has 1 saturated heterocycles. The third-order valence-electron chi connectivity index (χ3n) is 4.42. The van der Waals surface area contributed by atoms with Crippen LogP contribution in [0.5, 0.6) is 0 Å². The minimum atomic E-state index is -4.20. The number of rotatable bonds is 4. The van der Waals surface area contributed by atoms with Crippen LogP contribution in [0.25, 0.3) is 11.3 Å². The highest BCUT2D eigenvalue weighted by Gasteiger charge is 2.32. The van der Waals surface area contributed by atoms with Crippen LogP contribution in [0, 0.1) is 0 Å². The topological polar surface area (TPSA) is 78.1 Å². The summed E-state index contributed by atoms with van der Waals surface area (Å²) >= 11 is 0. The Kier molecular flexibility index (Phi) is 5.59. The van der Waals surface area contributed by atoms with Crippen molar-refractivity contribution in [3.63, 3.8) is 0 Å². The van der Waals surface area contributed by atoms with Gasteiger partial charge in [0, 0.05) is 43.2 Å². The Hall–Kier alpha value is -2.68. The van der Waals surface area contributed by atoms with Crippen LogP contribution >= 0.6 is 0 Å². The molecule has 0 unspecified atom stereocenters. The summed E-state index contributed by atoms with van der Waals surface area (Å²) in [7, 11) is 0. The van der Waals surface area contributed by atoms with E-state index in [9.17, 15) is 22.8 Å². The van der Waals surface area contributed by atoms with Crippen LogP contribution in [0.3, 0.4) is 0 Å². The fourth-order valence-electron chi connectivity index (χ4n) is 3.06. The Bertz CT molecular complexity index is 841. The Morgan fingerprint density at radius 3 is 2.59 bits per heavy atom. The van der Waals surface area contributed by atoms with Gasteiger partial charge in [0.25, 0.3) is 5.91 Å². The molecule has 1 aliphatic heterocycles. The van der Waals surface area contributed by atoms with E-state index in [1.807, 2.05) is 0 Å². The van der Waals surface area contributed by atoms with Crippen LogP contribution in [0.1, 0.15) is 23.2 Å². The molecule has 0 radical (unpaired) electrons. The molecule has 144 valence electrons. The SMILES string of the molecule is O=C(NC1CCN(CC(F)(F)F)CC1)c1ccc(-c2cc[nH]c(=O)c2)nc1. The lowest BCUT2D eigenvalue weighted by Crippen LogP contribution is -2.47. The van der Waals surface area contributed by atoms with Gasteiger partial charge in [-0.2, -0.15) is 13.2 Å². The molecular weight excluding hydrogens is 361 g/mol. The van der Waals surface area contributed by atoms with E-state index in [2.05, 4.69) is 15.3 Å². The van der Waals surface area contributed by atoms with Gasteiger partial charge in [0.2, 0.25) is 5.56 Å². The molecular formula is C18H19F3N4O2. The summed E-state index contributed by atoms with van der Waals surface area (Å²) in [5, 5.41) is 2.85. The number of aromatic amines is 1. The largest absolute Gasteiger partial charge is 0.401 e. The van der Waals surface area contributed by atoms with Gasteiger partial charge in [-0.05, 0) is 31.0 Å². The molecule has 0 atom stereocenters. The first-order valence-electron chi connectivity index (χ1n) is 8.55. The number of likely N-dealkylation sites (tertiary alicyclic amines) is 1. The second kappa shape index (κ2) is 7.91. The maximum Gasteiger partial charge on any atom is 0.401 e. The first-order chi connectivity index (χ1) is 12.8. The van der Waals surface area contributed by atoms with Crippen molar-refractivity contribution in [1.29, 1.82) is 0 Å². The van der Waals surface area contributed by atoms with Crippen molar-refractivity contribution >= 4 is 5.91 Å². The zero-order chi connectivity index (χ0) is 19.4. The first-order valence-corrected chi connectivity index (χ1v) is 8.55. The van der Waals surface area contributed by atoms with Crippen LogP contribution in [0.4, 0.5) is 13.2 Å². The normalized spacial score (nSPS) is 16.3. The Morgan fingerprint density at radius 2 is 2.00 bits per heavy atom. The van der Waals surface area contributed by atoms with E-state index in [0.29, 0.717) is 42.8 Å². The molecule has 0 saturated carbocycles. The van der Waals surface area contributed by atoms with Crippen molar-refractivity contribution in [1.82, 2.24) is 20.2 Å². The Morgan fingerprint density at radius 1 is 1.26 bits per heavy atom. The second-order valence-corrected chi connectivity index (χ2v) is 6.51. The molecule has 0 aromatic carbocycles. The van der Waals surface area contributed by atoms with Gasteiger partial charge in [0.05, 0.1) is 17.8 Å². The van der Waals surface area contributed by atoms with E-state index >= 15 is 0 Å². The molecule has 0 spiro atoms. The molecule has 2 N–H and O–H groups in total. The van der Waals surface area contributed by atoms with Crippen molar-refractivity contribution in [3.05, 3.63) is 52.6 Å². The van der Waals surface area contributed by atoms with Crippen molar-refractivity contribution in [2.24, 2.45) is 0 Å². The van der Waals surface area contributed by atoms with Gasteiger partial charge in [-0.1, -0.05) is 0 Å². The number of alkyl halides is 3. The number of hydrogen-bond donors (Lipinski definition) is 2. The number of piperidine rings is 1. The fourth-order valence-corrected chi connectivity index (χ4v) is 3.06. The lowest BCUT2D eigenvalue weighted by atomic mass is 10.0. The van der Waals surface area contributed by atoms with Gasteiger partial charge in [-0.25, -0.2) is 0 Å². The van der Waals surface area contributed by atoms with Crippen molar-refractivity contribution in [3.8, 4) is 11.3 Å². The molecule has 0 aliphatic carbocycles. The summed E-state index contributed by atoms with van der Waals surface area (Å²) in [6, 6.07) is 6.22. The van der Waals surface area contributed by atoms with E-state index < -0.39 is 12.7 Å². The van der Waals surface area contributed by atoms with Crippen LogP contribution in [-0.4, -0.2) is 52.6 Å². The highest BCUT2D eigenvalue weighted by Crippen LogP contribution is 2.20. The van der Waals surface area contributed by atoms with Gasteiger partial charge >= 0.3 is 6.18 Å². The highest BCUT2D eigenvalue weighted by molar-refractivity contribution is 5.94. The predicted octanol–water partition coefficient (Wildman–Crippen LogP) is 2.19. The standard InChI is InChI=1S/C18H19F3N4O2/c19-18(20,21)11-25-7-4-14(5-8-25)24-17(27)13-1-2-15(23-10-13)12-3-6-22-16(26)9-12/h1-3,6,9-10,14H,4-5,7-8,11H2,(H,22,26)(H,24,27). The number of carbonyl (C=O) groups is 1. The summed E-state index contributed by atoms with van der Waals surface area (Å²) in [4.78, 5) is 31.7. The lowest BCUT2D eigenvalue weighted by molar-refractivity contribution is -0.148. The van der Waals surface area contributed by atoms with Gasteiger partial charge in [0.15, 0.2) is 0 Å². The molecule has 1 amide bonds. The monoisotopic (exact) mass is 380 g/mol. The van der Waals surface area contributed by atoms with Crippen molar-refractivity contribution in [2.75, 3.05) is 19.6 Å². The average molecular weight is 380 g/mol. The number of nitrogens with one attached hydrogen (secondary N) is 2. The van der Waals surface area contributed by atoms with Gasteiger partial charge < -0.3 is 10.3 Å². The number of aromatic nitrogens is 2. The molecule has 1 fully saturated rings. The highest BCUT2D eigenvalue weighted by atomic mass is 19.4. The quantitative estimate of drug-likeness (QED) is 0.853. The summed E-state index contributed by atoms with van der Waals surface area (Å²) in [5.74, 6) is -0.311. The predicted molar refractivity (Wildman–Crippen MR) is 93.3 cm³/mol. The maximum atomic E-state index is 12.4. The third kappa shape index (κ3) is 5.40. The zero-order valence-corrected chi connectivity index (χ0v) is 14.4. The van der Waals surface area contributed by atoms with Crippen molar-refractivity contribution in [2.45, 2.75) is 25.1 Å². The summed E-state index contributed by atoms with van der Waals surface area (Å²) in [6.07, 6.45) is -0.316. The maximum absolute atomic E-state index is 12.4. The summed E-state index contributed by atoms with van der Waals surface area (Å²) < 4.78 is 37.2. The molecule has 6 nitrogen and oxygen atoms in total. The van der Waals surface area contributed by atoms with E-state index in [4.69, 9.17) is 0 Å². The minimum Gasteiger partial charge on any atom is -0.349 e. The molecule has 27 heavy (non-hydrogen) atoms. The van der Waals surface area contributed by atoms with E-state index in [-0.39, 0.29) is 17.5 Å². The van der Waals surface area contributed by atoms with Gasteiger partial charge in [-0.3, -0.25) is 19.5 Å². The molecule has 2 aromatic rings. The van der Waals surface area contributed by atoms with Crippen LogP contribution in [0.2, 0.25) is 0 Å². The number of nitrogens with zero attached hydrogens (tertiary/aromatic N) is 2. The number of halogens is 3. The van der Waals surface area contributed by atoms with Crippen molar-refractivity contribution < 1.29 is 18.0 Å². The molecule has 9 heteroatoms. The Balaban J connectivity index is 1.55. The molecule has 2 aromatic heterocycles. The van der Waals surface area contributed by atoms with Crippen LogP contribution < -0.4 is 10.9 Å². The number of carbonyl (C=O) groups excluding carboxylic acids is 1. The summed E-state index contributed by atoms with van der Waals surface area (Å²) in [5.41, 5.74) is 1.33. The van der Waals surface area contributed by atoms with Gasteiger partial charge in [0.1, 0.15) is 0 Å². The Labute approximate surface area is 153 Å². The molecule has 0 bridgehead atoms. The summed E-state index contributed by atoms with van der Waals surface area (Å²) in [6.45, 7) is -0.324. The van der Waals surface area contributed by atoms with E-state index in [1.54, 1.807) is 18.2 Å². The van der Waals surface area contributed by atoms with Crippen LogP contribution in [-0.2, 0) is 0 Å². The fraction of sp³-hybridized carbons (Fsp3) is 0.389. The van der Waals surface area contributed by atoms with Gasteiger partial charge in [-0.15, -0.1) is 0 Å². The van der Waals surface area contributed by atoms with E-state index in [1.165, 1.54) is 23.4 Å². The number of H-pyrrole nitrogens is 1. The molecule has 3 heterocycles. The average Bonchev–Trinajstić information content (AvgIpc) is 2.62. The lowest BCUT2D eigenvalue weighted by Gasteiger charge is -2.32. The first kappa shape index (κ1) is 19.1. The smallest absolute Gasteiger partial charge is 0.349 e. The number of hydrogen-bond acceptors (Lipinski definition) is 4. The number of pyridine rings is 2. The van der Waals surface area contributed by atoms with Crippen LogP contribution in [0.15, 0.2) is 41.5 Å². The number of amides is 1. The zero-order valence-electron chi connectivity index (χ0n) is 14.4. The second-order valence-electron chi connectivity index (χ2n) is 6.51. The third-order valence-corrected chi connectivity index (χ3v) is 4.42. The minimum absolute atomic E-state index is 0.158. The van der Waals surface area contributed by atoms with E-state index in [0.717, 1.165) is 0 Å². The molecule has 1 aliphatic rings. The molecule has 3 rings (SSSR count).